The molecule has 0 spiro atoms. The third-order valence-electron chi connectivity index (χ3n) is 3.94. The van der Waals surface area contributed by atoms with Crippen LogP contribution in [0.15, 0.2) is 0 Å². The van der Waals surface area contributed by atoms with Crippen LogP contribution in [0.2, 0.25) is 0 Å². The van der Waals surface area contributed by atoms with E-state index >= 15 is 0 Å². The standard InChI is InChI=1S/C18H40P2/c1-3-5-7-9-11-13-15-17-19-20-18-16-14-12-10-8-6-4-2/h19-20H,3-18H2,1-2H3. The van der Waals surface area contributed by atoms with Gasteiger partial charge < -0.3 is 0 Å². The third-order valence-corrected chi connectivity index (χ3v) is 7.64. The Morgan fingerprint density at radius 3 is 1.05 bits per heavy atom. The van der Waals surface area contributed by atoms with Crippen molar-refractivity contribution < 1.29 is 0 Å². The van der Waals surface area contributed by atoms with E-state index in [1.165, 1.54) is 119 Å². The van der Waals surface area contributed by atoms with Gasteiger partial charge in [-0.3, -0.25) is 0 Å². The van der Waals surface area contributed by atoms with Gasteiger partial charge in [-0.2, -0.15) is 0 Å². The molecule has 2 atom stereocenters. The fourth-order valence-electron chi connectivity index (χ4n) is 2.52. The molecule has 0 nitrogen and oxygen atoms in total. The van der Waals surface area contributed by atoms with Crippen molar-refractivity contribution in [3.63, 3.8) is 0 Å². The first kappa shape index (κ1) is 20.9. The molecule has 0 heterocycles. The summed E-state index contributed by atoms with van der Waals surface area (Å²) in [5.74, 6) is 0. The van der Waals surface area contributed by atoms with Gasteiger partial charge in [0.15, 0.2) is 0 Å². The topological polar surface area (TPSA) is 0 Å². The molecule has 0 aliphatic rings. The van der Waals surface area contributed by atoms with Gasteiger partial charge in [0.2, 0.25) is 0 Å². The summed E-state index contributed by atoms with van der Waals surface area (Å²) in [6, 6.07) is 0. The maximum atomic E-state index is 2.30. The molecule has 0 aromatic heterocycles. The largest absolute Gasteiger partial charge is 0.0992 e. The van der Waals surface area contributed by atoms with Crippen LogP contribution in [0.3, 0.4) is 0 Å². The maximum absolute atomic E-state index is 2.30. The molecule has 0 radical (unpaired) electrons. The van der Waals surface area contributed by atoms with E-state index in [1.54, 1.807) is 0 Å². The first-order chi connectivity index (χ1) is 9.91. The Morgan fingerprint density at radius 1 is 0.400 bits per heavy atom. The smallest absolute Gasteiger partial charge is 0.0317 e. The average molecular weight is 318 g/mol. The van der Waals surface area contributed by atoms with Crippen LogP contribution in [-0.4, -0.2) is 12.3 Å². The lowest BCUT2D eigenvalue weighted by molar-refractivity contribution is 0.603. The lowest BCUT2D eigenvalue weighted by Gasteiger charge is -2.03. The molecule has 0 aromatic carbocycles. The lowest BCUT2D eigenvalue weighted by atomic mass is 10.1. The van der Waals surface area contributed by atoms with Crippen LogP contribution >= 0.6 is 16.5 Å². The summed E-state index contributed by atoms with van der Waals surface area (Å²) in [6.45, 7) is 4.60. The zero-order valence-corrected chi connectivity index (χ0v) is 16.3. The SMILES string of the molecule is CCCCCCCCCPPCCCCCCCCC. The third kappa shape index (κ3) is 18.9. The van der Waals surface area contributed by atoms with Crippen molar-refractivity contribution in [1.29, 1.82) is 0 Å². The second-order valence-electron chi connectivity index (χ2n) is 6.10. The summed E-state index contributed by atoms with van der Waals surface area (Å²) in [5.41, 5.74) is 0. The Kier molecular flexibility index (Phi) is 20.7. The molecule has 0 saturated carbocycles. The van der Waals surface area contributed by atoms with Crippen LogP contribution in [0.4, 0.5) is 0 Å². The minimum atomic E-state index is 1.28. The fourth-order valence-corrected chi connectivity index (χ4v) is 5.85. The highest BCUT2D eigenvalue weighted by molar-refractivity contribution is 8.11. The molecule has 122 valence electrons. The van der Waals surface area contributed by atoms with Gasteiger partial charge in [0.05, 0.1) is 0 Å². The van der Waals surface area contributed by atoms with Gasteiger partial charge in [0, 0.05) is 0 Å². The molecule has 2 heteroatoms. The first-order valence-electron chi connectivity index (χ1n) is 9.37. The molecular weight excluding hydrogens is 278 g/mol. The van der Waals surface area contributed by atoms with Crippen molar-refractivity contribution in [1.82, 2.24) is 0 Å². The minimum Gasteiger partial charge on any atom is -0.0992 e. The number of rotatable bonds is 17. The van der Waals surface area contributed by atoms with Crippen LogP contribution < -0.4 is 0 Å². The molecule has 0 amide bonds. The Labute approximate surface area is 133 Å². The van der Waals surface area contributed by atoms with Crippen LogP contribution in [0.1, 0.15) is 104 Å². The molecule has 0 fully saturated rings. The fraction of sp³-hybridized carbons (Fsp3) is 1.00. The molecule has 0 aromatic rings. The molecule has 0 aliphatic carbocycles. The quantitative estimate of drug-likeness (QED) is 0.190. The zero-order valence-electron chi connectivity index (χ0n) is 14.3. The van der Waals surface area contributed by atoms with E-state index < -0.39 is 0 Å². The normalized spacial score (nSPS) is 12.3. The summed E-state index contributed by atoms with van der Waals surface area (Å²) in [5, 5.41) is 0. The van der Waals surface area contributed by atoms with Gasteiger partial charge in [-0.15, -0.1) is 0 Å². The van der Waals surface area contributed by atoms with E-state index in [4.69, 9.17) is 0 Å². The van der Waals surface area contributed by atoms with Crippen molar-refractivity contribution in [3.8, 4) is 0 Å². The van der Waals surface area contributed by atoms with E-state index in [1.807, 2.05) is 0 Å². The van der Waals surface area contributed by atoms with Crippen molar-refractivity contribution in [2.24, 2.45) is 0 Å². The van der Waals surface area contributed by atoms with Gasteiger partial charge in [-0.1, -0.05) is 107 Å². The van der Waals surface area contributed by atoms with Gasteiger partial charge in [-0.05, 0) is 25.2 Å². The summed E-state index contributed by atoms with van der Waals surface area (Å²) in [6.07, 6.45) is 23.6. The van der Waals surface area contributed by atoms with Gasteiger partial charge in [0.25, 0.3) is 0 Å². The number of hydrogen-bond donors (Lipinski definition) is 0. The Morgan fingerprint density at radius 2 is 0.700 bits per heavy atom. The summed E-state index contributed by atoms with van der Waals surface area (Å²) >= 11 is 0. The highest BCUT2D eigenvalue weighted by Crippen LogP contribution is 2.38. The molecule has 2 unspecified atom stereocenters. The van der Waals surface area contributed by atoms with E-state index in [2.05, 4.69) is 13.8 Å². The van der Waals surface area contributed by atoms with Crippen molar-refractivity contribution >= 4 is 16.5 Å². The second kappa shape index (κ2) is 19.9. The molecular formula is C18H40P2. The van der Waals surface area contributed by atoms with E-state index in [0.717, 1.165) is 0 Å². The van der Waals surface area contributed by atoms with Gasteiger partial charge in [-0.25, -0.2) is 0 Å². The molecule has 0 bridgehead atoms. The minimum absolute atomic E-state index is 1.28. The summed E-state index contributed by atoms with van der Waals surface area (Å²) in [4.78, 5) is 0. The van der Waals surface area contributed by atoms with Crippen molar-refractivity contribution in [3.05, 3.63) is 0 Å². The van der Waals surface area contributed by atoms with Crippen LogP contribution in [0.5, 0.6) is 0 Å². The summed E-state index contributed by atoms with van der Waals surface area (Å²) < 4.78 is 0. The average Bonchev–Trinajstić information content (AvgIpc) is 2.47. The predicted molar refractivity (Wildman–Crippen MR) is 102 cm³/mol. The van der Waals surface area contributed by atoms with E-state index in [0.29, 0.717) is 0 Å². The van der Waals surface area contributed by atoms with E-state index in [9.17, 15) is 0 Å². The highest BCUT2D eigenvalue weighted by Gasteiger charge is 1.93. The lowest BCUT2D eigenvalue weighted by Crippen LogP contribution is -1.82. The molecule has 20 heavy (non-hydrogen) atoms. The van der Waals surface area contributed by atoms with Crippen molar-refractivity contribution in [2.75, 3.05) is 12.3 Å². The maximum Gasteiger partial charge on any atom is -0.0317 e. The van der Waals surface area contributed by atoms with Crippen molar-refractivity contribution in [2.45, 2.75) is 104 Å². The monoisotopic (exact) mass is 318 g/mol. The zero-order chi connectivity index (χ0) is 14.7. The molecule has 0 rings (SSSR count). The molecule has 0 saturated heterocycles. The first-order valence-corrected chi connectivity index (χ1v) is 12.8. The predicted octanol–water partition coefficient (Wildman–Crippen LogP) is 7.76. The molecule has 0 N–H and O–H groups in total. The summed E-state index contributed by atoms with van der Waals surface area (Å²) in [7, 11) is 2.57. The van der Waals surface area contributed by atoms with Crippen LogP contribution in [-0.2, 0) is 0 Å². The Hall–Kier alpha value is 0.860. The molecule has 0 aliphatic heterocycles. The van der Waals surface area contributed by atoms with Crippen LogP contribution in [0.25, 0.3) is 0 Å². The second-order valence-corrected chi connectivity index (χ2v) is 9.92. The number of hydrogen-bond acceptors (Lipinski definition) is 0. The van der Waals surface area contributed by atoms with E-state index in [-0.39, 0.29) is 0 Å². The highest BCUT2D eigenvalue weighted by atomic mass is 32.0. The van der Waals surface area contributed by atoms with Gasteiger partial charge in [0.1, 0.15) is 0 Å². The number of unbranched alkanes of at least 4 members (excludes halogenated alkanes) is 12. The Balaban J connectivity index is 2.89. The van der Waals surface area contributed by atoms with Gasteiger partial charge >= 0.3 is 0 Å². The van der Waals surface area contributed by atoms with Crippen LogP contribution in [0, 0.1) is 0 Å². The Bertz CT molecular complexity index is 141.